The third-order valence-electron chi connectivity index (χ3n) is 5.70. The van der Waals surface area contributed by atoms with Crippen molar-refractivity contribution in [3.8, 4) is 0 Å². The Balaban J connectivity index is 1.31. The lowest BCUT2D eigenvalue weighted by Crippen LogP contribution is -3.14. The van der Waals surface area contributed by atoms with Gasteiger partial charge in [0.2, 0.25) is 0 Å². The van der Waals surface area contributed by atoms with Gasteiger partial charge < -0.3 is 15.0 Å². The largest absolute Gasteiger partial charge is 0.462 e. The number of esters is 1. The molecule has 0 atom stereocenters. The number of amides is 1. The molecule has 0 unspecified atom stereocenters. The van der Waals surface area contributed by atoms with Gasteiger partial charge in [0.15, 0.2) is 6.54 Å². The molecule has 2 aromatic carbocycles. The Labute approximate surface area is 181 Å². The predicted molar refractivity (Wildman–Crippen MR) is 117 cm³/mol. The molecule has 1 saturated heterocycles. The lowest BCUT2D eigenvalue weighted by atomic mass is 10.0. The van der Waals surface area contributed by atoms with E-state index in [1.54, 1.807) is 31.2 Å². The van der Waals surface area contributed by atoms with Gasteiger partial charge in [-0.1, -0.05) is 17.3 Å². The van der Waals surface area contributed by atoms with Crippen molar-refractivity contribution < 1.29 is 19.2 Å². The van der Waals surface area contributed by atoms with E-state index in [4.69, 9.17) is 4.74 Å². The topological polar surface area (TPSA) is 90.5 Å². The average Bonchev–Trinajstić information content (AvgIpc) is 3.17. The highest BCUT2D eigenvalue weighted by Crippen LogP contribution is 2.22. The molecule has 1 aliphatic heterocycles. The third-order valence-corrected chi connectivity index (χ3v) is 5.70. The van der Waals surface area contributed by atoms with Gasteiger partial charge in [-0.25, -0.2) is 9.48 Å². The number of hydrogen-bond acceptors (Lipinski definition) is 5. The van der Waals surface area contributed by atoms with E-state index in [1.807, 2.05) is 4.68 Å². The van der Waals surface area contributed by atoms with Crippen LogP contribution < -0.4 is 10.2 Å². The number of quaternary nitrogens is 1. The molecule has 0 spiro atoms. The van der Waals surface area contributed by atoms with E-state index < -0.39 is 0 Å². The molecule has 162 valence electrons. The van der Waals surface area contributed by atoms with E-state index in [-0.39, 0.29) is 11.9 Å². The van der Waals surface area contributed by atoms with Crippen LogP contribution in [-0.2, 0) is 9.53 Å². The Morgan fingerprint density at radius 3 is 2.77 bits per heavy atom. The first-order chi connectivity index (χ1) is 15.0. The molecule has 1 amide bonds. The molecule has 8 heteroatoms. The van der Waals surface area contributed by atoms with E-state index in [2.05, 4.69) is 40.8 Å². The lowest BCUT2D eigenvalue weighted by Gasteiger charge is -2.29. The first kappa shape index (κ1) is 21.0. The molecule has 4 rings (SSSR count). The van der Waals surface area contributed by atoms with Crippen LogP contribution in [0.5, 0.6) is 0 Å². The monoisotopic (exact) mass is 422 g/mol. The number of rotatable bonds is 6. The predicted octanol–water partition coefficient (Wildman–Crippen LogP) is 1.77. The normalized spacial score (nSPS) is 18.6. The molecule has 1 fully saturated rings. The number of aryl methyl sites for hydroxylation is 1. The van der Waals surface area contributed by atoms with Gasteiger partial charge in [0.05, 0.1) is 36.8 Å². The summed E-state index contributed by atoms with van der Waals surface area (Å²) in [6.45, 7) is 6.33. The van der Waals surface area contributed by atoms with Gasteiger partial charge in [0.25, 0.3) is 5.91 Å². The van der Waals surface area contributed by atoms with Crippen LogP contribution in [0.1, 0.15) is 41.7 Å². The number of carbonyl (C=O) groups excluding carboxylic acids is 2. The summed E-state index contributed by atoms with van der Waals surface area (Å²) in [4.78, 5) is 25.7. The highest BCUT2D eigenvalue weighted by molar-refractivity contribution is 5.94. The minimum absolute atomic E-state index is 0.0591. The minimum atomic E-state index is -0.387. The van der Waals surface area contributed by atoms with Crippen molar-refractivity contribution in [1.29, 1.82) is 0 Å². The maximum atomic E-state index is 12.5. The van der Waals surface area contributed by atoms with Crippen LogP contribution in [-0.4, -0.2) is 53.1 Å². The SMILES string of the molecule is CCOC(=O)c1cccc(NC(=O)C[NH+]2CCC(n3nnc4cc(C)ccc43)CC2)c1. The number of anilines is 1. The fourth-order valence-corrected chi connectivity index (χ4v) is 4.12. The molecular weight excluding hydrogens is 394 g/mol. The van der Waals surface area contributed by atoms with Gasteiger partial charge in [-0.05, 0) is 49.7 Å². The second-order valence-corrected chi connectivity index (χ2v) is 8.03. The molecule has 0 saturated carbocycles. The first-order valence-corrected chi connectivity index (χ1v) is 10.8. The number of aromatic nitrogens is 3. The minimum Gasteiger partial charge on any atom is -0.462 e. The zero-order chi connectivity index (χ0) is 21.8. The van der Waals surface area contributed by atoms with Crippen molar-refractivity contribution >= 4 is 28.6 Å². The lowest BCUT2D eigenvalue weighted by molar-refractivity contribution is -0.897. The quantitative estimate of drug-likeness (QED) is 0.591. The fraction of sp³-hybridized carbons (Fsp3) is 0.391. The summed E-state index contributed by atoms with van der Waals surface area (Å²) in [5.74, 6) is -0.446. The molecule has 1 aliphatic rings. The summed E-state index contributed by atoms with van der Waals surface area (Å²) >= 11 is 0. The Kier molecular flexibility index (Phi) is 6.27. The number of likely N-dealkylation sites (tertiary alicyclic amines) is 1. The molecular formula is C23H28N5O3+. The molecule has 8 nitrogen and oxygen atoms in total. The Morgan fingerprint density at radius 2 is 2.00 bits per heavy atom. The van der Waals surface area contributed by atoms with Crippen molar-refractivity contribution in [3.63, 3.8) is 0 Å². The van der Waals surface area contributed by atoms with E-state index in [9.17, 15) is 9.59 Å². The number of benzene rings is 2. The molecule has 31 heavy (non-hydrogen) atoms. The van der Waals surface area contributed by atoms with Crippen LogP contribution in [0.15, 0.2) is 42.5 Å². The zero-order valence-corrected chi connectivity index (χ0v) is 17.9. The van der Waals surface area contributed by atoms with Crippen LogP contribution in [0.4, 0.5) is 5.69 Å². The molecule has 0 bridgehead atoms. The van der Waals surface area contributed by atoms with Gasteiger partial charge in [0, 0.05) is 18.5 Å². The van der Waals surface area contributed by atoms with Crippen molar-refractivity contribution in [2.24, 2.45) is 0 Å². The third kappa shape index (κ3) is 4.91. The van der Waals surface area contributed by atoms with E-state index >= 15 is 0 Å². The number of nitrogens with zero attached hydrogens (tertiary/aromatic N) is 3. The van der Waals surface area contributed by atoms with Gasteiger partial charge >= 0.3 is 5.97 Å². The number of nitrogens with one attached hydrogen (secondary N) is 2. The van der Waals surface area contributed by atoms with Gasteiger partial charge in [-0.15, -0.1) is 5.10 Å². The molecule has 0 radical (unpaired) electrons. The van der Waals surface area contributed by atoms with Gasteiger partial charge in [-0.3, -0.25) is 4.79 Å². The second kappa shape index (κ2) is 9.26. The number of ether oxygens (including phenoxy) is 1. The number of carbonyl (C=O) groups is 2. The van der Waals surface area contributed by atoms with E-state index in [0.717, 1.165) is 37.0 Å². The Bertz CT molecular complexity index is 1090. The standard InChI is InChI=1S/C23H27N5O3/c1-3-31-23(30)17-5-4-6-18(14-17)24-22(29)15-27-11-9-19(10-12-27)28-21-8-7-16(2)13-20(21)25-26-28/h4-8,13-14,19H,3,9-12,15H2,1-2H3,(H,24,29)/p+1. The number of fused-ring (bicyclic) bond motifs is 1. The molecule has 3 aromatic rings. The zero-order valence-electron chi connectivity index (χ0n) is 17.9. The van der Waals surface area contributed by atoms with Crippen LogP contribution >= 0.6 is 0 Å². The maximum absolute atomic E-state index is 12.5. The highest BCUT2D eigenvalue weighted by atomic mass is 16.5. The molecule has 0 aliphatic carbocycles. The molecule has 2 heterocycles. The summed E-state index contributed by atoms with van der Waals surface area (Å²) < 4.78 is 7.05. The summed E-state index contributed by atoms with van der Waals surface area (Å²) in [6.07, 6.45) is 1.90. The van der Waals surface area contributed by atoms with E-state index in [1.165, 1.54) is 10.5 Å². The summed E-state index contributed by atoms with van der Waals surface area (Å²) in [6, 6.07) is 13.4. The van der Waals surface area contributed by atoms with Crippen LogP contribution in [0, 0.1) is 6.92 Å². The Hall–Kier alpha value is -3.26. The Morgan fingerprint density at radius 1 is 1.19 bits per heavy atom. The smallest absolute Gasteiger partial charge is 0.338 e. The first-order valence-electron chi connectivity index (χ1n) is 10.8. The summed E-state index contributed by atoms with van der Waals surface area (Å²) in [7, 11) is 0. The van der Waals surface area contributed by atoms with Crippen LogP contribution in [0.3, 0.4) is 0 Å². The summed E-state index contributed by atoms with van der Waals surface area (Å²) in [5.41, 5.74) is 4.22. The van der Waals surface area contributed by atoms with Crippen molar-refractivity contribution in [2.75, 3.05) is 31.6 Å². The number of hydrogen-bond donors (Lipinski definition) is 2. The molecule has 1 aromatic heterocycles. The van der Waals surface area contributed by atoms with Crippen molar-refractivity contribution in [1.82, 2.24) is 15.0 Å². The highest BCUT2D eigenvalue weighted by Gasteiger charge is 2.26. The van der Waals surface area contributed by atoms with Crippen molar-refractivity contribution in [3.05, 3.63) is 53.6 Å². The fourth-order valence-electron chi connectivity index (χ4n) is 4.12. The summed E-state index contributed by atoms with van der Waals surface area (Å²) in [5, 5.41) is 11.6. The molecule has 2 N–H and O–H groups in total. The average molecular weight is 423 g/mol. The second-order valence-electron chi connectivity index (χ2n) is 8.03. The van der Waals surface area contributed by atoms with Gasteiger partial charge in [-0.2, -0.15) is 0 Å². The van der Waals surface area contributed by atoms with E-state index in [0.29, 0.717) is 30.4 Å². The maximum Gasteiger partial charge on any atom is 0.338 e. The number of piperidine rings is 1. The van der Waals surface area contributed by atoms with Gasteiger partial charge in [0.1, 0.15) is 5.52 Å². The van der Waals surface area contributed by atoms with Crippen molar-refractivity contribution in [2.45, 2.75) is 32.7 Å². The van der Waals surface area contributed by atoms with Crippen LogP contribution in [0.2, 0.25) is 0 Å². The van der Waals surface area contributed by atoms with Crippen LogP contribution in [0.25, 0.3) is 11.0 Å².